The molecule has 0 aromatic rings. The zero-order chi connectivity index (χ0) is 12.4. The summed E-state index contributed by atoms with van der Waals surface area (Å²) in [5, 5.41) is 8.76. The van der Waals surface area contributed by atoms with Gasteiger partial charge in [0, 0.05) is 6.61 Å². The molecule has 0 aliphatic heterocycles. The van der Waals surface area contributed by atoms with Crippen LogP contribution < -0.4 is 0 Å². The van der Waals surface area contributed by atoms with Gasteiger partial charge >= 0.3 is 0 Å². The standard InChI is InChI=1S/C15H26O/c1-13(2)7-5-8-14(3)9-6-10-15(4)11-12-16/h6-7,9-10,15-16H,5,8,11-12H2,1-4H3/b10-6+,14-9+. The molecular formula is C15H26O. The fourth-order valence-electron chi connectivity index (χ4n) is 1.38. The lowest BCUT2D eigenvalue weighted by Crippen LogP contribution is -1.92. The Morgan fingerprint density at radius 2 is 1.94 bits per heavy atom. The van der Waals surface area contributed by atoms with Crippen LogP contribution in [0.15, 0.2) is 35.5 Å². The van der Waals surface area contributed by atoms with Crippen LogP contribution in [0.4, 0.5) is 0 Å². The molecule has 0 fully saturated rings. The van der Waals surface area contributed by atoms with E-state index in [0.29, 0.717) is 5.92 Å². The first kappa shape index (κ1) is 15.2. The van der Waals surface area contributed by atoms with Gasteiger partial charge < -0.3 is 5.11 Å². The summed E-state index contributed by atoms with van der Waals surface area (Å²) in [6.45, 7) is 8.83. The summed E-state index contributed by atoms with van der Waals surface area (Å²) in [6, 6.07) is 0. The van der Waals surface area contributed by atoms with Gasteiger partial charge in [0.25, 0.3) is 0 Å². The molecule has 0 saturated carbocycles. The van der Waals surface area contributed by atoms with Gasteiger partial charge in [0.1, 0.15) is 0 Å². The van der Waals surface area contributed by atoms with Crippen LogP contribution in [0.5, 0.6) is 0 Å². The first-order chi connectivity index (χ1) is 7.56. The minimum absolute atomic E-state index is 0.273. The lowest BCUT2D eigenvalue weighted by molar-refractivity contribution is 0.274. The number of rotatable bonds is 7. The Labute approximate surface area is 101 Å². The van der Waals surface area contributed by atoms with E-state index in [4.69, 9.17) is 5.11 Å². The van der Waals surface area contributed by atoms with Crippen molar-refractivity contribution in [3.05, 3.63) is 35.5 Å². The first-order valence-electron chi connectivity index (χ1n) is 6.14. The highest BCUT2D eigenvalue weighted by Gasteiger charge is 1.93. The molecule has 0 rings (SSSR count). The van der Waals surface area contributed by atoms with E-state index in [-0.39, 0.29) is 6.61 Å². The number of hydrogen-bond acceptors (Lipinski definition) is 1. The van der Waals surface area contributed by atoms with E-state index in [0.717, 1.165) is 19.3 Å². The van der Waals surface area contributed by atoms with Crippen LogP contribution in [0.3, 0.4) is 0 Å². The van der Waals surface area contributed by atoms with E-state index in [9.17, 15) is 0 Å². The van der Waals surface area contributed by atoms with Crippen molar-refractivity contribution in [1.82, 2.24) is 0 Å². The third kappa shape index (κ3) is 9.72. The summed E-state index contributed by atoms with van der Waals surface area (Å²) in [4.78, 5) is 0. The average molecular weight is 222 g/mol. The van der Waals surface area contributed by atoms with Gasteiger partial charge in [-0.05, 0) is 46.0 Å². The fourth-order valence-corrected chi connectivity index (χ4v) is 1.38. The third-order valence-corrected chi connectivity index (χ3v) is 2.50. The van der Waals surface area contributed by atoms with Gasteiger partial charge in [-0.1, -0.05) is 42.4 Å². The Kier molecular flexibility index (Phi) is 8.93. The number of aliphatic hydroxyl groups excluding tert-OH is 1. The van der Waals surface area contributed by atoms with E-state index >= 15 is 0 Å². The Hall–Kier alpha value is -0.820. The van der Waals surface area contributed by atoms with E-state index in [2.05, 4.69) is 52.0 Å². The van der Waals surface area contributed by atoms with Crippen LogP contribution in [0.2, 0.25) is 0 Å². The zero-order valence-corrected chi connectivity index (χ0v) is 11.2. The van der Waals surface area contributed by atoms with Crippen LogP contribution in [0.25, 0.3) is 0 Å². The van der Waals surface area contributed by atoms with E-state index in [1.165, 1.54) is 11.1 Å². The number of aliphatic hydroxyl groups is 1. The molecule has 1 nitrogen and oxygen atoms in total. The molecular weight excluding hydrogens is 196 g/mol. The first-order valence-corrected chi connectivity index (χ1v) is 6.14. The molecule has 0 spiro atoms. The molecule has 1 atom stereocenters. The average Bonchev–Trinajstić information content (AvgIpc) is 2.17. The minimum Gasteiger partial charge on any atom is -0.396 e. The van der Waals surface area contributed by atoms with Crippen molar-refractivity contribution in [3.8, 4) is 0 Å². The zero-order valence-electron chi connectivity index (χ0n) is 11.2. The minimum atomic E-state index is 0.273. The second-order valence-corrected chi connectivity index (χ2v) is 4.71. The molecule has 0 aromatic carbocycles. The molecule has 0 aromatic heterocycles. The molecule has 0 saturated heterocycles. The summed E-state index contributed by atoms with van der Waals surface area (Å²) in [7, 11) is 0. The van der Waals surface area contributed by atoms with Crippen LogP contribution in [0, 0.1) is 5.92 Å². The molecule has 0 radical (unpaired) electrons. The van der Waals surface area contributed by atoms with Crippen molar-refractivity contribution in [2.45, 2.75) is 47.0 Å². The Morgan fingerprint density at radius 3 is 2.50 bits per heavy atom. The van der Waals surface area contributed by atoms with Crippen molar-refractivity contribution < 1.29 is 5.11 Å². The lowest BCUT2D eigenvalue weighted by Gasteiger charge is -2.01. The van der Waals surface area contributed by atoms with Crippen molar-refractivity contribution in [3.63, 3.8) is 0 Å². The quantitative estimate of drug-likeness (QED) is 0.504. The normalized spacial score (nSPS) is 14.2. The summed E-state index contributed by atoms with van der Waals surface area (Å²) in [5.41, 5.74) is 2.80. The molecule has 0 amide bonds. The van der Waals surface area contributed by atoms with Gasteiger partial charge in [-0.3, -0.25) is 0 Å². The predicted molar refractivity (Wildman–Crippen MR) is 72.4 cm³/mol. The van der Waals surface area contributed by atoms with Crippen LogP contribution >= 0.6 is 0 Å². The van der Waals surface area contributed by atoms with Gasteiger partial charge in [-0.2, -0.15) is 0 Å². The van der Waals surface area contributed by atoms with Crippen molar-refractivity contribution in [2.24, 2.45) is 5.92 Å². The predicted octanol–water partition coefficient (Wildman–Crippen LogP) is 4.25. The number of allylic oxidation sites excluding steroid dienone is 6. The fraction of sp³-hybridized carbons (Fsp3) is 0.600. The van der Waals surface area contributed by atoms with E-state index in [1.54, 1.807) is 0 Å². The van der Waals surface area contributed by atoms with Gasteiger partial charge in [-0.15, -0.1) is 0 Å². The Morgan fingerprint density at radius 1 is 1.25 bits per heavy atom. The van der Waals surface area contributed by atoms with Crippen molar-refractivity contribution in [1.29, 1.82) is 0 Å². The molecule has 0 aliphatic carbocycles. The summed E-state index contributed by atoms with van der Waals surface area (Å²) >= 11 is 0. The molecule has 1 heteroatoms. The molecule has 0 bridgehead atoms. The molecule has 0 aliphatic rings. The topological polar surface area (TPSA) is 20.2 Å². The lowest BCUT2D eigenvalue weighted by atomic mass is 10.1. The third-order valence-electron chi connectivity index (χ3n) is 2.50. The van der Waals surface area contributed by atoms with Crippen LogP contribution in [-0.4, -0.2) is 11.7 Å². The summed E-state index contributed by atoms with van der Waals surface area (Å²) in [5.74, 6) is 0.465. The van der Waals surface area contributed by atoms with Crippen LogP contribution in [0.1, 0.15) is 47.0 Å². The molecule has 1 unspecified atom stereocenters. The van der Waals surface area contributed by atoms with Crippen molar-refractivity contribution >= 4 is 0 Å². The largest absolute Gasteiger partial charge is 0.396 e. The maximum Gasteiger partial charge on any atom is 0.0436 e. The Bertz CT molecular complexity index is 255. The van der Waals surface area contributed by atoms with Gasteiger partial charge in [0.2, 0.25) is 0 Å². The van der Waals surface area contributed by atoms with Crippen molar-refractivity contribution in [2.75, 3.05) is 6.61 Å². The highest BCUT2D eigenvalue weighted by Crippen LogP contribution is 2.08. The monoisotopic (exact) mass is 222 g/mol. The molecule has 0 heterocycles. The number of hydrogen-bond donors (Lipinski definition) is 1. The molecule has 16 heavy (non-hydrogen) atoms. The Balaban J connectivity index is 3.90. The maximum atomic E-state index is 8.76. The van der Waals surface area contributed by atoms with E-state index in [1.807, 2.05) is 0 Å². The molecule has 1 N–H and O–H groups in total. The van der Waals surface area contributed by atoms with Crippen LogP contribution in [-0.2, 0) is 0 Å². The summed E-state index contributed by atoms with van der Waals surface area (Å²) in [6.07, 6.45) is 11.8. The highest BCUT2D eigenvalue weighted by molar-refractivity contribution is 5.12. The highest BCUT2D eigenvalue weighted by atomic mass is 16.2. The van der Waals surface area contributed by atoms with Gasteiger partial charge in [0.15, 0.2) is 0 Å². The SMILES string of the molecule is CC(C)=CCC/C(C)=C/C=C/C(C)CCO. The summed E-state index contributed by atoms with van der Waals surface area (Å²) < 4.78 is 0. The molecule has 92 valence electrons. The second-order valence-electron chi connectivity index (χ2n) is 4.71. The van der Waals surface area contributed by atoms with E-state index < -0.39 is 0 Å². The van der Waals surface area contributed by atoms with Gasteiger partial charge in [-0.25, -0.2) is 0 Å². The smallest absolute Gasteiger partial charge is 0.0436 e. The second kappa shape index (κ2) is 9.41. The maximum absolute atomic E-state index is 8.76. The van der Waals surface area contributed by atoms with Gasteiger partial charge in [0.05, 0.1) is 0 Å².